The van der Waals surface area contributed by atoms with E-state index < -0.39 is 17.6 Å². The number of anilines is 1. The summed E-state index contributed by atoms with van der Waals surface area (Å²) in [6.07, 6.45) is -4.51. The van der Waals surface area contributed by atoms with Crippen molar-refractivity contribution in [2.24, 2.45) is 0 Å². The van der Waals surface area contributed by atoms with Crippen molar-refractivity contribution < 1.29 is 18.0 Å². The third kappa shape index (κ3) is 4.07. The van der Waals surface area contributed by atoms with Gasteiger partial charge in [0.15, 0.2) is 0 Å². The van der Waals surface area contributed by atoms with Gasteiger partial charge in [0, 0.05) is 4.47 Å². The standard InChI is InChI=1S/C15H11BrF3NO/c16-12-7-3-1-5-10(12)9-14(21)20-13-8-4-2-6-11(13)15(17,18)19/h1-8H,9H2,(H,20,21). The van der Waals surface area contributed by atoms with Crippen LogP contribution in [0.4, 0.5) is 18.9 Å². The van der Waals surface area contributed by atoms with Crippen LogP contribution in [0.2, 0.25) is 0 Å². The zero-order chi connectivity index (χ0) is 15.5. The topological polar surface area (TPSA) is 29.1 Å². The smallest absolute Gasteiger partial charge is 0.325 e. The number of halogens is 4. The van der Waals surface area contributed by atoms with Gasteiger partial charge in [-0.05, 0) is 23.8 Å². The summed E-state index contributed by atoms with van der Waals surface area (Å²) in [5, 5.41) is 2.31. The molecule has 6 heteroatoms. The van der Waals surface area contributed by atoms with E-state index in [0.29, 0.717) is 5.56 Å². The molecule has 21 heavy (non-hydrogen) atoms. The van der Waals surface area contributed by atoms with E-state index in [2.05, 4.69) is 21.2 Å². The van der Waals surface area contributed by atoms with Gasteiger partial charge in [0.1, 0.15) is 0 Å². The number of nitrogens with one attached hydrogen (secondary N) is 1. The first-order valence-corrected chi connectivity index (χ1v) is 6.86. The van der Waals surface area contributed by atoms with E-state index in [-0.39, 0.29) is 12.1 Å². The normalized spacial score (nSPS) is 11.2. The van der Waals surface area contributed by atoms with Crippen molar-refractivity contribution in [1.29, 1.82) is 0 Å². The van der Waals surface area contributed by atoms with Crippen molar-refractivity contribution in [2.45, 2.75) is 12.6 Å². The van der Waals surface area contributed by atoms with Gasteiger partial charge in [0.2, 0.25) is 5.91 Å². The van der Waals surface area contributed by atoms with E-state index in [4.69, 9.17) is 0 Å². The molecule has 1 N–H and O–H groups in total. The molecular weight excluding hydrogens is 347 g/mol. The van der Waals surface area contributed by atoms with Gasteiger partial charge in [-0.25, -0.2) is 0 Å². The predicted octanol–water partition coefficient (Wildman–Crippen LogP) is 4.65. The van der Waals surface area contributed by atoms with Crippen molar-refractivity contribution in [3.8, 4) is 0 Å². The Balaban J connectivity index is 2.16. The number of carbonyl (C=O) groups is 1. The fourth-order valence-electron chi connectivity index (χ4n) is 1.85. The van der Waals surface area contributed by atoms with E-state index in [0.717, 1.165) is 10.5 Å². The van der Waals surface area contributed by atoms with Crippen LogP contribution in [0.1, 0.15) is 11.1 Å². The van der Waals surface area contributed by atoms with Crippen LogP contribution in [0.25, 0.3) is 0 Å². The maximum absolute atomic E-state index is 12.8. The summed E-state index contributed by atoms with van der Waals surface area (Å²) in [5.41, 5.74) is -0.382. The minimum absolute atomic E-state index is 0.00633. The molecule has 0 fully saturated rings. The third-order valence-corrected chi connectivity index (χ3v) is 3.59. The molecule has 1 amide bonds. The van der Waals surface area contributed by atoms with Gasteiger partial charge < -0.3 is 5.32 Å². The summed E-state index contributed by atoms with van der Waals surface area (Å²) < 4.78 is 39.2. The van der Waals surface area contributed by atoms with Crippen LogP contribution in [0, 0.1) is 0 Å². The van der Waals surface area contributed by atoms with Crippen LogP contribution >= 0.6 is 15.9 Å². The number of carbonyl (C=O) groups excluding carboxylic acids is 1. The molecule has 0 aromatic heterocycles. The summed E-state index contributed by atoms with van der Waals surface area (Å²) in [7, 11) is 0. The molecule has 0 radical (unpaired) electrons. The molecule has 0 aliphatic rings. The molecule has 110 valence electrons. The lowest BCUT2D eigenvalue weighted by Crippen LogP contribution is -2.18. The lowest BCUT2D eigenvalue weighted by atomic mass is 10.1. The Morgan fingerprint density at radius 3 is 2.33 bits per heavy atom. The number of amides is 1. The van der Waals surface area contributed by atoms with Crippen LogP contribution in [0.15, 0.2) is 53.0 Å². The van der Waals surface area contributed by atoms with Crippen LogP contribution < -0.4 is 5.32 Å². The Morgan fingerprint density at radius 1 is 1.05 bits per heavy atom. The van der Waals surface area contributed by atoms with Gasteiger partial charge in [-0.3, -0.25) is 4.79 Å². The molecule has 0 bridgehead atoms. The van der Waals surface area contributed by atoms with Gasteiger partial charge >= 0.3 is 6.18 Å². The molecule has 0 aliphatic carbocycles. The van der Waals surface area contributed by atoms with Gasteiger partial charge in [-0.2, -0.15) is 13.2 Å². The average Bonchev–Trinajstić information content (AvgIpc) is 2.41. The molecule has 2 rings (SSSR count). The second-order valence-corrected chi connectivity index (χ2v) is 5.21. The Labute approximate surface area is 128 Å². The van der Waals surface area contributed by atoms with E-state index in [9.17, 15) is 18.0 Å². The Kier molecular flexibility index (Phi) is 4.67. The average molecular weight is 358 g/mol. The van der Waals surface area contributed by atoms with E-state index in [1.165, 1.54) is 18.2 Å². The van der Waals surface area contributed by atoms with E-state index in [1.807, 2.05) is 0 Å². The van der Waals surface area contributed by atoms with Crippen molar-refractivity contribution in [3.63, 3.8) is 0 Å². The Bertz CT molecular complexity index is 655. The quantitative estimate of drug-likeness (QED) is 0.850. The number of alkyl halides is 3. The van der Waals surface area contributed by atoms with Crippen LogP contribution in [0.3, 0.4) is 0 Å². The number of rotatable bonds is 3. The first kappa shape index (κ1) is 15.6. The zero-order valence-corrected chi connectivity index (χ0v) is 12.3. The molecule has 0 atom stereocenters. The van der Waals surface area contributed by atoms with Gasteiger partial charge in [0.25, 0.3) is 0 Å². The second kappa shape index (κ2) is 6.30. The zero-order valence-electron chi connectivity index (χ0n) is 10.7. The van der Waals surface area contributed by atoms with Crippen LogP contribution in [-0.4, -0.2) is 5.91 Å². The molecule has 0 unspecified atom stereocenters. The molecule has 0 aliphatic heterocycles. The molecule has 0 spiro atoms. The molecule has 2 aromatic rings. The van der Waals surface area contributed by atoms with Crippen molar-refractivity contribution in [3.05, 3.63) is 64.1 Å². The summed E-state index contributed by atoms with van der Waals surface area (Å²) in [4.78, 5) is 11.9. The highest BCUT2D eigenvalue weighted by Gasteiger charge is 2.33. The molecule has 2 aromatic carbocycles. The maximum atomic E-state index is 12.8. The highest BCUT2D eigenvalue weighted by Crippen LogP contribution is 2.34. The highest BCUT2D eigenvalue weighted by atomic mass is 79.9. The highest BCUT2D eigenvalue weighted by molar-refractivity contribution is 9.10. The molecule has 0 saturated carbocycles. The fraction of sp³-hybridized carbons (Fsp3) is 0.133. The van der Waals surface area contributed by atoms with Crippen LogP contribution in [-0.2, 0) is 17.4 Å². The van der Waals surface area contributed by atoms with Crippen molar-refractivity contribution in [1.82, 2.24) is 0 Å². The largest absolute Gasteiger partial charge is 0.418 e. The van der Waals surface area contributed by atoms with Gasteiger partial charge in [-0.1, -0.05) is 46.3 Å². The number of hydrogen-bond donors (Lipinski definition) is 1. The SMILES string of the molecule is O=C(Cc1ccccc1Br)Nc1ccccc1C(F)(F)F. The van der Waals surface area contributed by atoms with E-state index >= 15 is 0 Å². The van der Waals surface area contributed by atoms with Gasteiger partial charge in [0.05, 0.1) is 17.7 Å². The first-order chi connectivity index (χ1) is 9.88. The van der Waals surface area contributed by atoms with Crippen molar-refractivity contribution in [2.75, 3.05) is 5.32 Å². The lowest BCUT2D eigenvalue weighted by molar-refractivity contribution is -0.137. The summed E-state index contributed by atoms with van der Waals surface area (Å²) in [6.45, 7) is 0. The minimum Gasteiger partial charge on any atom is -0.325 e. The van der Waals surface area contributed by atoms with E-state index in [1.54, 1.807) is 24.3 Å². The maximum Gasteiger partial charge on any atom is 0.418 e. The summed E-state index contributed by atoms with van der Waals surface area (Å²) in [5.74, 6) is -0.501. The monoisotopic (exact) mass is 357 g/mol. The summed E-state index contributed by atoms with van der Waals surface area (Å²) in [6, 6.07) is 12.0. The minimum atomic E-state index is -4.50. The number of benzene rings is 2. The molecule has 0 saturated heterocycles. The van der Waals surface area contributed by atoms with Crippen molar-refractivity contribution >= 4 is 27.5 Å². The summed E-state index contributed by atoms with van der Waals surface area (Å²) >= 11 is 3.30. The number of para-hydroxylation sites is 1. The molecular formula is C15H11BrF3NO. The Hall–Kier alpha value is -1.82. The molecule has 0 heterocycles. The lowest BCUT2D eigenvalue weighted by Gasteiger charge is -2.13. The van der Waals surface area contributed by atoms with Gasteiger partial charge in [-0.15, -0.1) is 0 Å². The third-order valence-electron chi connectivity index (χ3n) is 2.82. The van der Waals surface area contributed by atoms with Crippen LogP contribution in [0.5, 0.6) is 0 Å². The predicted molar refractivity (Wildman–Crippen MR) is 77.9 cm³/mol. The first-order valence-electron chi connectivity index (χ1n) is 6.07. The fourth-order valence-corrected chi connectivity index (χ4v) is 2.27. The molecule has 2 nitrogen and oxygen atoms in total. The Morgan fingerprint density at radius 2 is 1.67 bits per heavy atom. The second-order valence-electron chi connectivity index (χ2n) is 4.36. The number of hydrogen-bond acceptors (Lipinski definition) is 1.